The van der Waals surface area contributed by atoms with Crippen molar-refractivity contribution in [1.29, 1.82) is 0 Å². The first-order chi connectivity index (χ1) is 13.5. The maximum Gasteiger partial charge on any atom is 0.252 e. The monoisotopic (exact) mass is 378 g/mol. The van der Waals surface area contributed by atoms with Crippen molar-refractivity contribution < 1.29 is 9.59 Å². The molecule has 0 spiro atoms. The number of carbonyl (C=O) groups is 2. The van der Waals surface area contributed by atoms with Crippen molar-refractivity contribution in [3.05, 3.63) is 47.4 Å². The standard InChI is InChI=1S/C20H22N6O2/c1-12-18-14(20(28)23-10-4-5-16(21)27)11-15(13-7-8-13)24-19(18)26(25-12)17-6-2-3-9-22-17/h2-3,6,9,11,13H,4-5,7-8,10H2,1H3,(H2,21,27)(H,23,28). The maximum atomic E-state index is 12.9. The number of nitrogens with two attached hydrogens (primary N) is 1. The van der Waals surface area contributed by atoms with Gasteiger partial charge in [0.05, 0.1) is 16.6 Å². The zero-order chi connectivity index (χ0) is 19.7. The molecule has 8 nitrogen and oxygen atoms in total. The molecule has 0 bridgehead atoms. The molecule has 1 fully saturated rings. The van der Waals surface area contributed by atoms with Crippen LogP contribution < -0.4 is 11.1 Å². The number of fused-ring (bicyclic) bond motifs is 1. The summed E-state index contributed by atoms with van der Waals surface area (Å²) in [6.07, 6.45) is 4.62. The highest BCUT2D eigenvalue weighted by Crippen LogP contribution is 2.40. The van der Waals surface area contributed by atoms with E-state index in [2.05, 4.69) is 15.4 Å². The maximum absolute atomic E-state index is 12.9. The number of nitrogens with one attached hydrogen (secondary N) is 1. The van der Waals surface area contributed by atoms with E-state index in [1.807, 2.05) is 31.2 Å². The molecule has 3 N–H and O–H groups in total. The van der Waals surface area contributed by atoms with Gasteiger partial charge in [-0.25, -0.2) is 9.97 Å². The summed E-state index contributed by atoms with van der Waals surface area (Å²) in [4.78, 5) is 33.0. The zero-order valence-electron chi connectivity index (χ0n) is 15.7. The van der Waals surface area contributed by atoms with Gasteiger partial charge in [0.15, 0.2) is 11.5 Å². The Bertz CT molecular complexity index is 1040. The molecule has 28 heavy (non-hydrogen) atoms. The first kappa shape index (κ1) is 18.1. The Morgan fingerprint density at radius 1 is 1.32 bits per heavy atom. The molecule has 2 amide bonds. The largest absolute Gasteiger partial charge is 0.370 e. The van der Waals surface area contributed by atoms with Gasteiger partial charge in [-0.3, -0.25) is 9.59 Å². The van der Waals surface area contributed by atoms with Crippen LogP contribution in [-0.4, -0.2) is 38.1 Å². The molecule has 144 valence electrons. The quantitative estimate of drug-likeness (QED) is 0.610. The van der Waals surface area contributed by atoms with Gasteiger partial charge in [0.2, 0.25) is 5.91 Å². The van der Waals surface area contributed by atoms with E-state index in [0.29, 0.717) is 35.9 Å². The highest BCUT2D eigenvalue weighted by atomic mass is 16.2. The van der Waals surface area contributed by atoms with Crippen LogP contribution in [0.5, 0.6) is 0 Å². The molecule has 1 aliphatic carbocycles. The van der Waals surface area contributed by atoms with Gasteiger partial charge < -0.3 is 11.1 Å². The number of carbonyl (C=O) groups excluding carboxylic acids is 2. The first-order valence-corrected chi connectivity index (χ1v) is 9.43. The molecule has 0 radical (unpaired) electrons. The topological polar surface area (TPSA) is 116 Å². The van der Waals surface area contributed by atoms with Crippen LogP contribution in [-0.2, 0) is 4.79 Å². The van der Waals surface area contributed by atoms with Crippen LogP contribution in [0.4, 0.5) is 0 Å². The predicted molar refractivity (Wildman–Crippen MR) is 104 cm³/mol. The van der Waals surface area contributed by atoms with E-state index in [1.165, 1.54) is 0 Å². The minimum Gasteiger partial charge on any atom is -0.370 e. The van der Waals surface area contributed by atoms with Gasteiger partial charge in [0, 0.05) is 30.8 Å². The fourth-order valence-corrected chi connectivity index (χ4v) is 3.27. The van der Waals surface area contributed by atoms with Gasteiger partial charge >= 0.3 is 0 Å². The highest BCUT2D eigenvalue weighted by molar-refractivity contribution is 6.06. The summed E-state index contributed by atoms with van der Waals surface area (Å²) >= 11 is 0. The molecule has 3 aromatic rings. The van der Waals surface area contributed by atoms with E-state index in [0.717, 1.165) is 29.6 Å². The summed E-state index contributed by atoms with van der Waals surface area (Å²) in [5.41, 5.74) is 7.99. The highest BCUT2D eigenvalue weighted by Gasteiger charge is 2.29. The van der Waals surface area contributed by atoms with E-state index in [1.54, 1.807) is 10.9 Å². The Morgan fingerprint density at radius 2 is 2.14 bits per heavy atom. The van der Waals surface area contributed by atoms with Crippen molar-refractivity contribution in [2.75, 3.05) is 6.54 Å². The van der Waals surface area contributed by atoms with Crippen LogP contribution in [0.2, 0.25) is 0 Å². The third-order valence-electron chi connectivity index (χ3n) is 4.82. The van der Waals surface area contributed by atoms with Crippen molar-refractivity contribution in [2.45, 2.75) is 38.5 Å². The van der Waals surface area contributed by atoms with Gasteiger partial charge in [0.25, 0.3) is 5.91 Å². The van der Waals surface area contributed by atoms with Crippen LogP contribution in [0.15, 0.2) is 30.5 Å². The number of aromatic nitrogens is 4. The molecule has 3 aromatic heterocycles. The fraction of sp³-hybridized carbons (Fsp3) is 0.350. The Kier molecular flexibility index (Phi) is 4.77. The second kappa shape index (κ2) is 7.38. The zero-order valence-corrected chi connectivity index (χ0v) is 15.7. The summed E-state index contributed by atoms with van der Waals surface area (Å²) in [5, 5.41) is 8.20. The number of hydrogen-bond donors (Lipinski definition) is 2. The summed E-state index contributed by atoms with van der Waals surface area (Å²) in [7, 11) is 0. The number of nitrogens with zero attached hydrogens (tertiary/aromatic N) is 4. The second-order valence-electron chi connectivity index (χ2n) is 7.08. The smallest absolute Gasteiger partial charge is 0.252 e. The van der Waals surface area contributed by atoms with Gasteiger partial charge in [-0.05, 0) is 44.4 Å². The number of rotatable bonds is 7. The molecule has 3 heterocycles. The average molecular weight is 378 g/mol. The van der Waals surface area contributed by atoms with Crippen molar-refractivity contribution in [1.82, 2.24) is 25.1 Å². The van der Waals surface area contributed by atoms with E-state index < -0.39 is 0 Å². The molecule has 1 aliphatic rings. The number of pyridine rings is 2. The van der Waals surface area contributed by atoms with Gasteiger partial charge in [0.1, 0.15) is 0 Å². The van der Waals surface area contributed by atoms with Crippen LogP contribution >= 0.6 is 0 Å². The van der Waals surface area contributed by atoms with Crippen LogP contribution in [0.25, 0.3) is 16.9 Å². The lowest BCUT2D eigenvalue weighted by Crippen LogP contribution is -2.26. The number of hydrogen-bond acceptors (Lipinski definition) is 5. The molecule has 0 unspecified atom stereocenters. The van der Waals surface area contributed by atoms with Crippen LogP contribution in [0, 0.1) is 6.92 Å². The van der Waals surface area contributed by atoms with Gasteiger partial charge in [-0.2, -0.15) is 9.78 Å². The third-order valence-corrected chi connectivity index (χ3v) is 4.82. The molecule has 0 aliphatic heterocycles. The fourth-order valence-electron chi connectivity index (χ4n) is 3.27. The third kappa shape index (κ3) is 3.58. The van der Waals surface area contributed by atoms with Crippen molar-refractivity contribution in [3.8, 4) is 5.82 Å². The van der Waals surface area contributed by atoms with Crippen LogP contribution in [0.1, 0.15) is 53.3 Å². The number of primary amides is 1. The lowest BCUT2D eigenvalue weighted by molar-refractivity contribution is -0.118. The van der Waals surface area contributed by atoms with Crippen molar-refractivity contribution in [2.24, 2.45) is 5.73 Å². The molecular formula is C20H22N6O2. The van der Waals surface area contributed by atoms with E-state index in [9.17, 15) is 9.59 Å². The average Bonchev–Trinajstić information content (AvgIpc) is 3.49. The SMILES string of the molecule is Cc1nn(-c2ccccn2)c2nc(C3CC3)cc(C(=O)NCCCC(N)=O)c12. The van der Waals surface area contributed by atoms with Crippen LogP contribution in [0.3, 0.4) is 0 Å². The Hall–Kier alpha value is -3.29. The molecule has 0 aromatic carbocycles. The van der Waals surface area contributed by atoms with E-state index >= 15 is 0 Å². The summed E-state index contributed by atoms with van der Waals surface area (Å²) < 4.78 is 1.69. The lowest BCUT2D eigenvalue weighted by Gasteiger charge is -2.09. The number of aryl methyl sites for hydroxylation is 1. The summed E-state index contributed by atoms with van der Waals surface area (Å²) in [5.74, 6) is 0.485. The van der Waals surface area contributed by atoms with Gasteiger partial charge in [-0.15, -0.1) is 0 Å². The number of amides is 2. The molecule has 8 heteroatoms. The molecule has 1 saturated carbocycles. The minimum absolute atomic E-state index is 0.192. The Balaban J connectivity index is 1.74. The van der Waals surface area contributed by atoms with Crippen molar-refractivity contribution in [3.63, 3.8) is 0 Å². The summed E-state index contributed by atoms with van der Waals surface area (Å²) in [6, 6.07) is 7.47. The predicted octanol–water partition coefficient (Wildman–Crippen LogP) is 2.00. The molecule has 4 rings (SSSR count). The summed E-state index contributed by atoms with van der Waals surface area (Å²) in [6.45, 7) is 2.25. The molecule has 0 atom stereocenters. The molecular weight excluding hydrogens is 356 g/mol. The normalized spacial score (nSPS) is 13.6. The first-order valence-electron chi connectivity index (χ1n) is 9.43. The Labute approximate surface area is 162 Å². The Morgan fingerprint density at radius 3 is 2.82 bits per heavy atom. The minimum atomic E-state index is -0.371. The van der Waals surface area contributed by atoms with E-state index in [4.69, 9.17) is 10.7 Å². The lowest BCUT2D eigenvalue weighted by atomic mass is 10.1. The second-order valence-corrected chi connectivity index (χ2v) is 7.08. The molecule has 0 saturated heterocycles. The van der Waals surface area contributed by atoms with Crippen molar-refractivity contribution >= 4 is 22.8 Å². The van der Waals surface area contributed by atoms with Gasteiger partial charge in [-0.1, -0.05) is 6.07 Å². The van der Waals surface area contributed by atoms with E-state index in [-0.39, 0.29) is 18.2 Å².